The van der Waals surface area contributed by atoms with Crippen LogP contribution >= 0.6 is 11.6 Å². The molecule has 2 atom stereocenters. The van der Waals surface area contributed by atoms with Crippen LogP contribution in [0.4, 0.5) is 24.5 Å². The third-order valence-corrected chi connectivity index (χ3v) is 8.54. The molecular weight excluding hydrogens is 517 g/mol. The smallest absolute Gasteiger partial charge is 0.382 e. The average molecular weight is 551 g/mol. The molecule has 1 aromatic carbocycles. The van der Waals surface area contributed by atoms with Crippen LogP contribution in [-0.2, 0) is 10.9 Å². The first kappa shape index (κ1) is 27.1. The first-order valence-corrected chi connectivity index (χ1v) is 13.8. The van der Waals surface area contributed by atoms with Gasteiger partial charge in [-0.15, -0.1) is 6.58 Å². The van der Waals surface area contributed by atoms with E-state index < -0.39 is 11.7 Å². The summed E-state index contributed by atoms with van der Waals surface area (Å²) in [5, 5.41) is 7.87. The van der Waals surface area contributed by atoms with Crippen molar-refractivity contribution >= 4 is 23.0 Å². The molecule has 0 amide bonds. The maximum absolute atomic E-state index is 13.1. The van der Waals surface area contributed by atoms with Crippen LogP contribution in [0.1, 0.15) is 56.6 Å². The van der Waals surface area contributed by atoms with Crippen molar-refractivity contribution in [1.82, 2.24) is 9.78 Å². The van der Waals surface area contributed by atoms with Crippen LogP contribution in [-0.4, -0.2) is 41.6 Å². The molecule has 0 radical (unpaired) electrons. The number of anilines is 2. The van der Waals surface area contributed by atoms with Gasteiger partial charge < -0.3 is 15.0 Å². The molecule has 3 aliphatic rings. The molecule has 38 heavy (non-hydrogen) atoms. The maximum atomic E-state index is 13.1. The minimum Gasteiger partial charge on any atom is -0.382 e. The Morgan fingerprint density at radius 3 is 2.37 bits per heavy atom. The zero-order valence-corrected chi connectivity index (χ0v) is 22.1. The van der Waals surface area contributed by atoms with Crippen molar-refractivity contribution in [2.24, 2.45) is 11.8 Å². The largest absolute Gasteiger partial charge is 0.416 e. The lowest BCUT2D eigenvalue weighted by Crippen LogP contribution is -2.41. The fourth-order valence-corrected chi connectivity index (χ4v) is 6.08. The van der Waals surface area contributed by atoms with Crippen molar-refractivity contribution < 1.29 is 17.9 Å². The Morgan fingerprint density at radius 1 is 1.11 bits per heavy atom. The van der Waals surface area contributed by atoms with Crippen molar-refractivity contribution in [1.29, 1.82) is 0 Å². The normalized spacial score (nSPS) is 26.1. The van der Waals surface area contributed by atoms with Gasteiger partial charge in [0.2, 0.25) is 0 Å². The van der Waals surface area contributed by atoms with E-state index >= 15 is 0 Å². The highest BCUT2D eigenvalue weighted by molar-refractivity contribution is 6.32. The molecule has 0 spiro atoms. The number of alkyl halides is 3. The Bertz CT molecular complexity index is 1170. The summed E-state index contributed by atoms with van der Waals surface area (Å²) in [6.07, 6.45) is 5.45. The molecule has 2 heterocycles. The van der Waals surface area contributed by atoms with E-state index in [4.69, 9.17) is 16.3 Å². The van der Waals surface area contributed by atoms with E-state index in [2.05, 4.69) is 21.9 Å². The molecule has 3 fully saturated rings. The lowest BCUT2D eigenvalue weighted by Gasteiger charge is -2.39. The first-order valence-electron chi connectivity index (χ1n) is 13.4. The van der Waals surface area contributed by atoms with Crippen LogP contribution in [0.2, 0.25) is 5.02 Å². The van der Waals surface area contributed by atoms with Crippen LogP contribution in [0, 0.1) is 11.8 Å². The predicted molar refractivity (Wildman–Crippen MR) is 143 cm³/mol. The van der Waals surface area contributed by atoms with Crippen molar-refractivity contribution in [2.75, 3.05) is 30.0 Å². The minimum absolute atomic E-state index is 0.0594. The third-order valence-electron chi connectivity index (χ3n) is 8.17. The Balaban J connectivity index is 1.22. The molecule has 1 N–H and O–H groups in total. The van der Waals surface area contributed by atoms with Crippen molar-refractivity contribution in [3.05, 3.63) is 64.1 Å². The molecule has 1 aliphatic heterocycles. The quantitative estimate of drug-likeness (QED) is 0.390. The molecule has 10 heteroatoms. The Hall–Kier alpha value is -2.52. The molecule has 1 aromatic heterocycles. The summed E-state index contributed by atoms with van der Waals surface area (Å²) in [6, 6.07) is 6.02. The van der Waals surface area contributed by atoms with Crippen LogP contribution in [0.15, 0.2) is 47.9 Å². The number of benzene rings is 1. The predicted octanol–water partition coefficient (Wildman–Crippen LogP) is 6.32. The molecule has 0 bridgehead atoms. The van der Waals surface area contributed by atoms with Crippen molar-refractivity contribution in [2.45, 2.75) is 69.2 Å². The summed E-state index contributed by atoms with van der Waals surface area (Å²) in [7, 11) is 0. The molecule has 2 aromatic rings. The van der Waals surface area contributed by atoms with Crippen LogP contribution in [0.5, 0.6) is 0 Å². The van der Waals surface area contributed by atoms with Crippen molar-refractivity contribution in [3.63, 3.8) is 0 Å². The van der Waals surface area contributed by atoms with Gasteiger partial charge in [0.05, 0.1) is 30.1 Å². The highest BCUT2D eigenvalue weighted by atomic mass is 35.5. The van der Waals surface area contributed by atoms with Gasteiger partial charge in [-0.25, -0.2) is 4.68 Å². The van der Waals surface area contributed by atoms with Gasteiger partial charge in [0.1, 0.15) is 5.02 Å². The maximum Gasteiger partial charge on any atom is 0.416 e. The fourth-order valence-electron chi connectivity index (χ4n) is 5.88. The second-order valence-electron chi connectivity index (χ2n) is 10.7. The Kier molecular flexibility index (Phi) is 8.05. The lowest BCUT2D eigenvalue weighted by atomic mass is 9.88. The summed E-state index contributed by atoms with van der Waals surface area (Å²) >= 11 is 6.48. The van der Waals surface area contributed by atoms with Crippen molar-refractivity contribution in [3.8, 4) is 0 Å². The van der Waals surface area contributed by atoms with Crippen LogP contribution in [0.3, 0.4) is 0 Å². The highest BCUT2D eigenvalue weighted by Gasteiger charge is 2.37. The summed E-state index contributed by atoms with van der Waals surface area (Å²) in [5.41, 5.74) is 0.424. The standard InChI is InChI=1S/C28H34ClF3N4O2/c1-2-18-13-14-38-17-19(18)15-33-25-16-34-36(27(37)26(25)29)24-11-9-23(10-12-24)35(22-7-8-22)21-5-3-20(4-6-21)28(30,31)32/h2-6,16,18-19,22-24,33H,1,7-15,17H2/t18-,19+,23?,24?/m1/s1. The van der Waals surface area contributed by atoms with E-state index in [0.717, 1.165) is 69.4 Å². The summed E-state index contributed by atoms with van der Waals surface area (Å²) < 4.78 is 46.2. The van der Waals surface area contributed by atoms with E-state index in [9.17, 15) is 18.0 Å². The number of allylic oxidation sites excluding steroid dienone is 1. The third kappa shape index (κ3) is 5.88. The van der Waals surface area contributed by atoms with E-state index in [1.807, 2.05) is 6.08 Å². The first-order chi connectivity index (χ1) is 18.3. The van der Waals surface area contributed by atoms with Gasteiger partial charge in [0.25, 0.3) is 5.56 Å². The second-order valence-corrected chi connectivity index (χ2v) is 11.0. The van der Waals surface area contributed by atoms with E-state index in [1.165, 1.54) is 4.68 Å². The molecule has 1 saturated heterocycles. The Labute approximate surface area is 225 Å². The number of nitrogens with zero attached hydrogens (tertiary/aromatic N) is 3. The zero-order valence-electron chi connectivity index (χ0n) is 21.3. The number of hydrogen-bond donors (Lipinski definition) is 1. The fraction of sp³-hybridized carbons (Fsp3) is 0.571. The van der Waals surface area contributed by atoms with Gasteiger partial charge in [-0.3, -0.25) is 4.79 Å². The van der Waals surface area contributed by atoms with Crippen LogP contribution in [0.25, 0.3) is 0 Å². The van der Waals surface area contributed by atoms with Gasteiger partial charge in [-0.05, 0) is 75.1 Å². The molecule has 6 nitrogen and oxygen atoms in total. The lowest BCUT2D eigenvalue weighted by molar-refractivity contribution is -0.137. The van der Waals surface area contributed by atoms with Gasteiger partial charge in [-0.1, -0.05) is 17.7 Å². The monoisotopic (exact) mass is 550 g/mol. The number of aromatic nitrogens is 2. The molecular formula is C28H34ClF3N4O2. The summed E-state index contributed by atoms with van der Waals surface area (Å²) in [5.74, 6) is 0.616. The molecule has 206 valence electrons. The molecule has 2 aliphatic carbocycles. The number of hydrogen-bond acceptors (Lipinski definition) is 5. The number of ether oxygens (including phenoxy) is 1. The number of nitrogens with one attached hydrogen (secondary N) is 1. The number of halogens is 4. The topological polar surface area (TPSA) is 59.4 Å². The molecule has 5 rings (SSSR count). The van der Waals surface area contributed by atoms with Gasteiger partial charge in [0.15, 0.2) is 0 Å². The average Bonchev–Trinajstić information content (AvgIpc) is 3.75. The van der Waals surface area contributed by atoms with E-state index in [0.29, 0.717) is 30.8 Å². The van der Waals surface area contributed by atoms with E-state index in [1.54, 1.807) is 18.3 Å². The summed E-state index contributed by atoms with van der Waals surface area (Å²) in [6.45, 7) is 5.91. The van der Waals surface area contributed by atoms with E-state index in [-0.39, 0.29) is 28.6 Å². The van der Waals surface area contributed by atoms with Gasteiger partial charge in [0, 0.05) is 36.8 Å². The minimum atomic E-state index is -4.34. The van der Waals surface area contributed by atoms with Gasteiger partial charge in [-0.2, -0.15) is 18.3 Å². The Morgan fingerprint density at radius 2 is 1.76 bits per heavy atom. The zero-order chi connectivity index (χ0) is 26.9. The highest BCUT2D eigenvalue weighted by Crippen LogP contribution is 2.40. The van der Waals surface area contributed by atoms with Crippen LogP contribution < -0.4 is 15.8 Å². The SMILES string of the molecule is C=C[C@@H]1CCOC[C@@H]1CNc1cnn(C2CCC(N(c3ccc(C(F)(F)F)cc3)C3CC3)CC2)c(=O)c1Cl. The second kappa shape index (κ2) is 11.3. The summed E-state index contributed by atoms with van der Waals surface area (Å²) in [4.78, 5) is 15.4. The van der Waals surface area contributed by atoms with Gasteiger partial charge >= 0.3 is 6.18 Å². The molecule has 2 saturated carbocycles. The molecule has 0 unspecified atom stereocenters. The number of rotatable bonds is 8.